The Morgan fingerprint density at radius 3 is 2.67 bits per heavy atom. The zero-order chi connectivity index (χ0) is 13.2. The quantitative estimate of drug-likeness (QED) is 0.862. The number of nitrogens with zero attached hydrogens (tertiary/aromatic N) is 1. The Morgan fingerprint density at radius 1 is 1.44 bits per heavy atom. The van der Waals surface area contributed by atoms with E-state index in [0.717, 1.165) is 37.5 Å². The van der Waals surface area contributed by atoms with E-state index < -0.39 is 11.7 Å². The van der Waals surface area contributed by atoms with Crippen molar-refractivity contribution in [1.82, 2.24) is 10.3 Å². The van der Waals surface area contributed by atoms with Gasteiger partial charge in [-0.25, -0.2) is 4.98 Å². The number of hydrogen-bond acceptors (Lipinski definition) is 3. The smallest absolute Gasteiger partial charge is 0.316 e. The maximum Gasteiger partial charge on any atom is 0.417 e. The Labute approximate surface area is 112 Å². The van der Waals surface area contributed by atoms with Crippen LogP contribution in [0.3, 0.4) is 0 Å². The lowest BCUT2D eigenvalue weighted by atomic mass is 10.0. The number of aromatic nitrogens is 1. The van der Waals surface area contributed by atoms with Crippen LogP contribution in [-0.4, -0.2) is 23.8 Å². The number of rotatable bonds is 4. The second-order valence-electron chi connectivity index (χ2n) is 4.17. The number of halogens is 4. The summed E-state index contributed by atoms with van der Waals surface area (Å²) < 4.78 is 37.2. The summed E-state index contributed by atoms with van der Waals surface area (Å²) in [6.45, 7) is 2.05. The second kappa shape index (κ2) is 5.67. The van der Waals surface area contributed by atoms with Crippen molar-refractivity contribution in [2.24, 2.45) is 5.92 Å². The molecule has 1 fully saturated rings. The molecule has 2 heterocycles. The molecule has 1 aromatic heterocycles. The lowest BCUT2D eigenvalue weighted by Gasteiger charge is -2.26. The highest BCUT2D eigenvalue weighted by molar-refractivity contribution is 7.99. The molecule has 0 aliphatic carbocycles. The van der Waals surface area contributed by atoms with Crippen molar-refractivity contribution in [2.45, 2.75) is 17.6 Å². The first-order valence-electron chi connectivity index (χ1n) is 5.53. The van der Waals surface area contributed by atoms with Gasteiger partial charge in [-0.15, -0.1) is 11.8 Å². The Morgan fingerprint density at radius 2 is 2.17 bits per heavy atom. The first-order valence-corrected chi connectivity index (χ1v) is 6.89. The summed E-state index contributed by atoms with van der Waals surface area (Å²) in [5.74, 6) is 1.50. The van der Waals surface area contributed by atoms with Crippen molar-refractivity contribution in [3.8, 4) is 0 Å². The van der Waals surface area contributed by atoms with Gasteiger partial charge < -0.3 is 5.32 Å². The molecule has 0 aromatic carbocycles. The van der Waals surface area contributed by atoms with Gasteiger partial charge in [0.05, 0.1) is 10.6 Å². The highest BCUT2D eigenvalue weighted by atomic mass is 35.5. The summed E-state index contributed by atoms with van der Waals surface area (Å²) in [7, 11) is 0. The van der Waals surface area contributed by atoms with Crippen LogP contribution in [0, 0.1) is 5.92 Å². The normalized spacial score (nSPS) is 16.7. The van der Waals surface area contributed by atoms with Crippen LogP contribution < -0.4 is 5.32 Å². The van der Waals surface area contributed by atoms with Gasteiger partial charge >= 0.3 is 6.18 Å². The highest BCUT2D eigenvalue weighted by Crippen LogP contribution is 2.34. The minimum atomic E-state index is -4.39. The zero-order valence-corrected chi connectivity index (χ0v) is 11.0. The van der Waals surface area contributed by atoms with Gasteiger partial charge in [0.15, 0.2) is 0 Å². The molecule has 0 atom stereocenters. The van der Waals surface area contributed by atoms with Gasteiger partial charge in [-0.3, -0.25) is 0 Å². The van der Waals surface area contributed by atoms with Crippen molar-refractivity contribution in [3.05, 3.63) is 22.8 Å². The zero-order valence-electron chi connectivity index (χ0n) is 9.43. The van der Waals surface area contributed by atoms with Crippen LogP contribution in [0.4, 0.5) is 13.2 Å². The van der Waals surface area contributed by atoms with Crippen LogP contribution >= 0.6 is 23.4 Å². The van der Waals surface area contributed by atoms with Gasteiger partial charge in [0.2, 0.25) is 0 Å². The van der Waals surface area contributed by atoms with Gasteiger partial charge in [0.25, 0.3) is 0 Å². The SMILES string of the molecule is FC(F)(F)c1cnc(SCCC2CNC2)c(Cl)c1. The molecule has 0 unspecified atom stereocenters. The van der Waals surface area contributed by atoms with Gasteiger partial charge in [0, 0.05) is 6.20 Å². The lowest BCUT2D eigenvalue weighted by molar-refractivity contribution is -0.137. The van der Waals surface area contributed by atoms with Gasteiger partial charge in [-0.2, -0.15) is 13.2 Å². The molecule has 0 saturated carbocycles. The number of hydrogen-bond donors (Lipinski definition) is 1. The fraction of sp³-hybridized carbons (Fsp3) is 0.545. The molecule has 0 spiro atoms. The van der Waals surface area contributed by atoms with Crippen molar-refractivity contribution >= 4 is 23.4 Å². The summed E-state index contributed by atoms with van der Waals surface area (Å²) in [6, 6.07) is 0.932. The van der Waals surface area contributed by atoms with Crippen LogP contribution in [0.5, 0.6) is 0 Å². The molecule has 18 heavy (non-hydrogen) atoms. The number of pyridine rings is 1. The first-order chi connectivity index (χ1) is 8.47. The van der Waals surface area contributed by atoms with E-state index in [4.69, 9.17) is 11.6 Å². The van der Waals surface area contributed by atoms with Crippen LogP contribution in [0.25, 0.3) is 0 Å². The molecule has 7 heteroatoms. The molecular weight excluding hydrogens is 285 g/mol. The van der Waals surface area contributed by atoms with E-state index in [2.05, 4.69) is 10.3 Å². The highest BCUT2D eigenvalue weighted by Gasteiger charge is 2.31. The van der Waals surface area contributed by atoms with Crippen LogP contribution in [0.1, 0.15) is 12.0 Å². The van der Waals surface area contributed by atoms with Crippen LogP contribution in [0.2, 0.25) is 5.02 Å². The predicted molar refractivity (Wildman–Crippen MR) is 65.9 cm³/mol. The second-order valence-corrected chi connectivity index (χ2v) is 5.66. The summed E-state index contributed by atoms with van der Waals surface area (Å²) in [6.07, 6.45) is -2.53. The average Bonchev–Trinajstić information content (AvgIpc) is 2.22. The largest absolute Gasteiger partial charge is 0.417 e. The molecule has 2 nitrogen and oxygen atoms in total. The third kappa shape index (κ3) is 3.52. The topological polar surface area (TPSA) is 24.9 Å². The summed E-state index contributed by atoms with van der Waals surface area (Å²) >= 11 is 7.21. The fourth-order valence-electron chi connectivity index (χ4n) is 1.56. The molecule has 1 aliphatic heterocycles. The predicted octanol–water partition coefficient (Wildman–Crippen LogP) is 3.46. The minimum absolute atomic E-state index is 0.0709. The molecule has 0 amide bonds. The minimum Gasteiger partial charge on any atom is -0.316 e. The molecule has 100 valence electrons. The third-order valence-electron chi connectivity index (χ3n) is 2.77. The van der Waals surface area contributed by atoms with E-state index >= 15 is 0 Å². The van der Waals surface area contributed by atoms with Crippen molar-refractivity contribution in [3.63, 3.8) is 0 Å². The van der Waals surface area contributed by atoms with Crippen molar-refractivity contribution in [2.75, 3.05) is 18.8 Å². The fourth-order valence-corrected chi connectivity index (χ4v) is 2.86. The molecule has 0 bridgehead atoms. The van der Waals surface area contributed by atoms with Crippen molar-refractivity contribution in [1.29, 1.82) is 0 Å². The Bertz CT molecular complexity index is 421. The molecule has 2 rings (SSSR count). The standard InChI is InChI=1S/C11H12ClF3N2S/c12-9-3-8(11(13,14)15)6-17-10(9)18-2-1-7-4-16-5-7/h3,6-7,16H,1-2,4-5H2. The molecule has 1 aliphatic rings. The summed E-state index contributed by atoms with van der Waals surface area (Å²) in [5, 5.41) is 3.71. The monoisotopic (exact) mass is 296 g/mol. The van der Waals surface area contributed by atoms with Gasteiger partial charge in [-0.1, -0.05) is 11.6 Å². The summed E-state index contributed by atoms with van der Waals surface area (Å²) in [4.78, 5) is 3.78. The van der Waals surface area contributed by atoms with Crippen molar-refractivity contribution < 1.29 is 13.2 Å². The molecule has 1 N–H and O–H groups in total. The number of alkyl halides is 3. The summed E-state index contributed by atoms with van der Waals surface area (Å²) in [5.41, 5.74) is -0.806. The lowest BCUT2D eigenvalue weighted by Crippen LogP contribution is -2.42. The van der Waals surface area contributed by atoms with E-state index in [9.17, 15) is 13.2 Å². The third-order valence-corrected chi connectivity index (χ3v) is 4.20. The van der Waals surface area contributed by atoms with E-state index in [1.165, 1.54) is 11.8 Å². The van der Waals surface area contributed by atoms with E-state index in [1.54, 1.807) is 0 Å². The van der Waals surface area contributed by atoms with Crippen LogP contribution in [0.15, 0.2) is 17.3 Å². The van der Waals surface area contributed by atoms with Gasteiger partial charge in [-0.05, 0) is 37.2 Å². The van der Waals surface area contributed by atoms with E-state index in [0.29, 0.717) is 10.9 Å². The number of nitrogens with one attached hydrogen (secondary N) is 1. The Balaban J connectivity index is 1.92. The maximum atomic E-state index is 12.4. The van der Waals surface area contributed by atoms with Gasteiger partial charge in [0.1, 0.15) is 5.03 Å². The number of thioether (sulfide) groups is 1. The molecular formula is C11H12ClF3N2S. The van der Waals surface area contributed by atoms with Crippen LogP contribution in [-0.2, 0) is 6.18 Å². The first kappa shape index (κ1) is 14.0. The molecule has 1 aromatic rings. The van der Waals surface area contributed by atoms with E-state index in [-0.39, 0.29) is 5.02 Å². The average molecular weight is 297 g/mol. The molecule has 1 saturated heterocycles. The maximum absolute atomic E-state index is 12.4. The molecule has 0 radical (unpaired) electrons. The Hall–Kier alpha value is -0.460. The Kier molecular flexibility index (Phi) is 4.40. The van der Waals surface area contributed by atoms with E-state index in [1.807, 2.05) is 0 Å².